The molecule has 3 aliphatic rings. The number of aromatic nitrogens is 2. The minimum absolute atomic E-state index is 0.00430. The van der Waals surface area contributed by atoms with Gasteiger partial charge in [-0.15, -0.1) is 0 Å². The second kappa shape index (κ2) is 7.59. The van der Waals surface area contributed by atoms with Gasteiger partial charge in [0.15, 0.2) is 0 Å². The number of aromatic amines is 1. The number of carbonyl (C=O) groups is 2. The number of hydrogen-bond donors (Lipinski definition) is 1. The minimum Gasteiger partial charge on any atom is -0.381 e. The van der Waals surface area contributed by atoms with E-state index in [9.17, 15) is 9.59 Å². The van der Waals surface area contributed by atoms with Gasteiger partial charge in [-0.25, -0.2) is 4.98 Å². The van der Waals surface area contributed by atoms with E-state index < -0.39 is 5.54 Å². The highest BCUT2D eigenvalue weighted by molar-refractivity contribution is 5.80. The number of rotatable bonds is 3. The zero-order valence-corrected chi connectivity index (χ0v) is 15.9. The van der Waals surface area contributed by atoms with Crippen molar-refractivity contribution in [1.29, 1.82) is 0 Å². The number of fused-ring (bicyclic) bond motifs is 2. The lowest BCUT2D eigenvalue weighted by atomic mass is 9.78. The minimum atomic E-state index is -0.435. The molecule has 1 aromatic rings. The molecule has 2 saturated heterocycles. The molecule has 8 nitrogen and oxygen atoms in total. The molecule has 0 aromatic carbocycles. The van der Waals surface area contributed by atoms with E-state index in [0.717, 1.165) is 43.5 Å². The number of hydrogen-bond acceptors (Lipinski definition) is 5. The summed E-state index contributed by atoms with van der Waals surface area (Å²) >= 11 is 0. The van der Waals surface area contributed by atoms with E-state index in [2.05, 4.69) is 9.97 Å². The van der Waals surface area contributed by atoms with E-state index >= 15 is 0 Å². The Bertz CT molecular complexity index is 690. The highest BCUT2D eigenvalue weighted by Gasteiger charge is 2.49. The van der Waals surface area contributed by atoms with E-state index in [1.54, 1.807) is 13.4 Å². The lowest BCUT2D eigenvalue weighted by Gasteiger charge is -2.50. The number of ether oxygens (including phenoxy) is 2. The Kier molecular flexibility index (Phi) is 5.19. The fourth-order valence-electron chi connectivity index (χ4n) is 4.85. The number of imidazole rings is 1. The Morgan fingerprint density at radius 1 is 1.30 bits per heavy atom. The molecule has 148 valence electrons. The van der Waals surface area contributed by atoms with Crippen LogP contribution in [0.4, 0.5) is 0 Å². The maximum atomic E-state index is 12.9. The van der Waals surface area contributed by atoms with Crippen molar-refractivity contribution in [2.75, 3.05) is 46.6 Å². The molecule has 1 spiro atoms. The molecule has 4 heterocycles. The Morgan fingerprint density at radius 2 is 2.04 bits per heavy atom. The molecule has 0 saturated carbocycles. The third kappa shape index (κ3) is 3.25. The van der Waals surface area contributed by atoms with Crippen LogP contribution in [0, 0.1) is 5.92 Å². The highest BCUT2D eigenvalue weighted by Crippen LogP contribution is 2.42. The second-order valence-electron chi connectivity index (χ2n) is 7.70. The summed E-state index contributed by atoms with van der Waals surface area (Å²) in [5, 5.41) is 0. The number of amides is 2. The Morgan fingerprint density at radius 3 is 2.74 bits per heavy atom. The van der Waals surface area contributed by atoms with Gasteiger partial charge in [-0.05, 0) is 25.7 Å². The van der Waals surface area contributed by atoms with E-state index in [1.165, 1.54) is 0 Å². The van der Waals surface area contributed by atoms with Gasteiger partial charge in [0.05, 0.1) is 17.6 Å². The molecule has 2 fully saturated rings. The van der Waals surface area contributed by atoms with Crippen LogP contribution in [-0.4, -0.2) is 78.1 Å². The molecule has 2 amide bonds. The predicted octanol–water partition coefficient (Wildman–Crippen LogP) is 0.685. The normalized spacial score (nSPS) is 22.7. The zero-order valence-electron chi connectivity index (χ0n) is 15.9. The van der Waals surface area contributed by atoms with Gasteiger partial charge in [0.25, 0.3) is 0 Å². The Balaban J connectivity index is 1.53. The first-order valence-corrected chi connectivity index (χ1v) is 9.84. The quantitative estimate of drug-likeness (QED) is 0.838. The van der Waals surface area contributed by atoms with Crippen LogP contribution in [0.2, 0.25) is 0 Å². The summed E-state index contributed by atoms with van der Waals surface area (Å²) in [5.74, 6) is 0.308. The number of piperidine rings is 1. The molecule has 1 N–H and O–H groups in total. The summed E-state index contributed by atoms with van der Waals surface area (Å²) in [5.41, 5.74) is 1.65. The number of carbonyl (C=O) groups excluding carboxylic acids is 2. The summed E-state index contributed by atoms with van der Waals surface area (Å²) in [6, 6.07) is 0. The van der Waals surface area contributed by atoms with Crippen LogP contribution in [0.15, 0.2) is 6.33 Å². The van der Waals surface area contributed by atoms with Crippen molar-refractivity contribution in [3.8, 4) is 0 Å². The van der Waals surface area contributed by atoms with Crippen molar-refractivity contribution >= 4 is 11.8 Å². The summed E-state index contributed by atoms with van der Waals surface area (Å²) in [6.45, 7) is 3.38. The first kappa shape index (κ1) is 18.4. The monoisotopic (exact) mass is 376 g/mol. The van der Waals surface area contributed by atoms with Gasteiger partial charge >= 0.3 is 0 Å². The molecule has 0 unspecified atom stereocenters. The number of H-pyrrole nitrogens is 1. The molecule has 0 radical (unpaired) electrons. The van der Waals surface area contributed by atoms with Gasteiger partial charge in [-0.1, -0.05) is 0 Å². The third-order valence-corrected chi connectivity index (χ3v) is 6.30. The number of nitrogens with one attached hydrogen (secondary N) is 1. The van der Waals surface area contributed by atoms with Crippen molar-refractivity contribution < 1.29 is 19.1 Å². The van der Waals surface area contributed by atoms with E-state index in [4.69, 9.17) is 9.47 Å². The average Bonchev–Trinajstić information content (AvgIpc) is 3.19. The van der Waals surface area contributed by atoms with Crippen LogP contribution in [0.1, 0.15) is 37.1 Å². The number of likely N-dealkylation sites (tertiary alicyclic amines) is 1. The SMILES string of the molecule is COCC(=O)N1CCc2[nH]cnc2C12CCN(C(=O)C1CCOCC1)CC2. The lowest BCUT2D eigenvalue weighted by molar-refractivity contribution is -0.149. The molecule has 27 heavy (non-hydrogen) atoms. The fourth-order valence-corrected chi connectivity index (χ4v) is 4.85. The first-order valence-electron chi connectivity index (χ1n) is 9.84. The molecular weight excluding hydrogens is 348 g/mol. The van der Waals surface area contributed by atoms with Crippen molar-refractivity contribution in [3.63, 3.8) is 0 Å². The molecule has 0 atom stereocenters. The van der Waals surface area contributed by atoms with Crippen molar-refractivity contribution in [1.82, 2.24) is 19.8 Å². The maximum absolute atomic E-state index is 12.9. The standard InChI is InChI=1S/C19H28N4O4/c1-26-12-16(24)23-7-2-15-17(21-13-20-15)19(23)5-8-22(9-6-19)18(25)14-3-10-27-11-4-14/h13-14H,2-12H2,1H3,(H,20,21). The molecule has 0 aliphatic carbocycles. The maximum Gasteiger partial charge on any atom is 0.249 e. The van der Waals surface area contributed by atoms with Crippen LogP contribution in [-0.2, 0) is 31.0 Å². The van der Waals surface area contributed by atoms with Crippen molar-refractivity contribution in [3.05, 3.63) is 17.7 Å². The highest BCUT2D eigenvalue weighted by atomic mass is 16.5. The van der Waals surface area contributed by atoms with Gasteiger partial charge < -0.3 is 24.3 Å². The van der Waals surface area contributed by atoms with Crippen molar-refractivity contribution in [2.24, 2.45) is 5.92 Å². The van der Waals surface area contributed by atoms with Crippen LogP contribution >= 0.6 is 0 Å². The first-order chi connectivity index (χ1) is 13.2. The van der Waals surface area contributed by atoms with Crippen LogP contribution < -0.4 is 0 Å². The van der Waals surface area contributed by atoms with E-state index in [-0.39, 0.29) is 24.3 Å². The van der Waals surface area contributed by atoms with Gasteiger partial charge in [-0.3, -0.25) is 9.59 Å². The predicted molar refractivity (Wildman–Crippen MR) is 96.9 cm³/mol. The molecule has 0 bridgehead atoms. The third-order valence-electron chi connectivity index (χ3n) is 6.30. The lowest BCUT2D eigenvalue weighted by Crippen LogP contribution is -2.60. The number of methoxy groups -OCH3 is 1. The zero-order chi connectivity index (χ0) is 18.9. The molecule has 8 heteroatoms. The largest absolute Gasteiger partial charge is 0.381 e. The fraction of sp³-hybridized carbons (Fsp3) is 0.737. The average molecular weight is 376 g/mol. The molecular formula is C19H28N4O4. The molecule has 1 aromatic heterocycles. The smallest absolute Gasteiger partial charge is 0.249 e. The van der Waals surface area contributed by atoms with Crippen LogP contribution in [0.5, 0.6) is 0 Å². The van der Waals surface area contributed by atoms with Gasteiger partial charge in [0.2, 0.25) is 11.8 Å². The van der Waals surface area contributed by atoms with Crippen LogP contribution in [0.3, 0.4) is 0 Å². The topological polar surface area (TPSA) is 87.8 Å². The van der Waals surface area contributed by atoms with E-state index in [1.807, 2.05) is 9.80 Å². The summed E-state index contributed by atoms with van der Waals surface area (Å²) in [4.78, 5) is 37.3. The van der Waals surface area contributed by atoms with Gasteiger partial charge in [0, 0.05) is 58.0 Å². The van der Waals surface area contributed by atoms with E-state index in [0.29, 0.717) is 32.8 Å². The summed E-state index contributed by atoms with van der Waals surface area (Å²) in [6.07, 6.45) is 5.54. The second-order valence-corrected chi connectivity index (χ2v) is 7.70. The molecule has 4 rings (SSSR count). The summed E-state index contributed by atoms with van der Waals surface area (Å²) < 4.78 is 10.5. The van der Waals surface area contributed by atoms with Gasteiger partial charge in [-0.2, -0.15) is 0 Å². The van der Waals surface area contributed by atoms with Gasteiger partial charge in [0.1, 0.15) is 6.61 Å². The Labute approximate surface area is 159 Å². The van der Waals surface area contributed by atoms with Crippen molar-refractivity contribution in [2.45, 2.75) is 37.6 Å². The number of nitrogens with zero attached hydrogens (tertiary/aromatic N) is 3. The van der Waals surface area contributed by atoms with Crippen LogP contribution in [0.25, 0.3) is 0 Å². The molecule has 3 aliphatic heterocycles. The summed E-state index contributed by atoms with van der Waals surface area (Å²) in [7, 11) is 1.55. The Hall–Kier alpha value is -1.93.